The number of para-hydroxylation sites is 3. The first kappa shape index (κ1) is 15.9. The molecule has 1 amide bonds. The van der Waals surface area contributed by atoms with E-state index >= 15 is 0 Å². The Morgan fingerprint density at radius 2 is 1.78 bits per heavy atom. The number of amides is 1. The largest absolute Gasteiger partial charge is 0.484 e. The number of ether oxygens (including phenoxy) is 1. The summed E-state index contributed by atoms with van der Waals surface area (Å²) in [4.78, 5) is 15.5. The smallest absolute Gasteiger partial charge is 0.259 e. The molecule has 3 aromatic rings. The van der Waals surface area contributed by atoms with Gasteiger partial charge in [-0.15, -0.1) is 0 Å². The standard InChI is InChI=1S/C23H20N2O2/c1-15-8-7-11-17-21(15)24-14-20-22(17)25(18-12-5-6-13-19(18)27-20)23(26)16-9-3-2-4-10-16/h2-13,20,22,24H,14H2,1H3/t20-,22+/m0/s1. The van der Waals surface area contributed by atoms with Crippen LogP contribution >= 0.6 is 0 Å². The van der Waals surface area contributed by atoms with E-state index in [1.807, 2.05) is 65.6 Å². The molecule has 134 valence electrons. The number of hydrogen-bond donors (Lipinski definition) is 1. The number of rotatable bonds is 1. The lowest BCUT2D eigenvalue weighted by Gasteiger charge is -2.45. The molecule has 2 atom stereocenters. The molecule has 0 spiro atoms. The first-order valence-electron chi connectivity index (χ1n) is 9.22. The number of carbonyl (C=O) groups is 1. The second-order valence-corrected chi connectivity index (χ2v) is 7.03. The molecule has 2 aliphatic heterocycles. The predicted octanol–water partition coefficient (Wildman–Crippen LogP) is 4.57. The fourth-order valence-electron chi connectivity index (χ4n) is 4.13. The third kappa shape index (κ3) is 2.48. The van der Waals surface area contributed by atoms with Crippen molar-refractivity contribution in [3.63, 3.8) is 0 Å². The van der Waals surface area contributed by atoms with E-state index in [2.05, 4.69) is 24.4 Å². The maximum absolute atomic E-state index is 13.6. The van der Waals surface area contributed by atoms with Crippen molar-refractivity contribution >= 4 is 17.3 Å². The highest BCUT2D eigenvalue weighted by atomic mass is 16.5. The number of fused-ring (bicyclic) bond motifs is 4. The van der Waals surface area contributed by atoms with Gasteiger partial charge in [0.05, 0.1) is 12.2 Å². The Balaban J connectivity index is 1.71. The molecule has 27 heavy (non-hydrogen) atoms. The van der Waals surface area contributed by atoms with Crippen LogP contribution in [0.2, 0.25) is 0 Å². The zero-order valence-electron chi connectivity index (χ0n) is 15.1. The van der Waals surface area contributed by atoms with Crippen LogP contribution in [0.25, 0.3) is 0 Å². The van der Waals surface area contributed by atoms with Crippen molar-refractivity contribution < 1.29 is 9.53 Å². The molecular weight excluding hydrogens is 336 g/mol. The van der Waals surface area contributed by atoms with Crippen LogP contribution < -0.4 is 15.0 Å². The molecule has 0 saturated carbocycles. The molecule has 5 rings (SSSR count). The summed E-state index contributed by atoms with van der Waals surface area (Å²) in [5.41, 5.74) is 4.89. The molecule has 2 heterocycles. The molecule has 0 bridgehead atoms. The fraction of sp³-hybridized carbons (Fsp3) is 0.174. The Kier molecular flexibility index (Phi) is 3.64. The summed E-state index contributed by atoms with van der Waals surface area (Å²) in [5, 5.41) is 3.50. The summed E-state index contributed by atoms with van der Waals surface area (Å²) < 4.78 is 6.29. The molecule has 4 heteroatoms. The first-order chi connectivity index (χ1) is 13.2. The van der Waals surface area contributed by atoms with Crippen LogP contribution in [0.5, 0.6) is 5.75 Å². The van der Waals surface area contributed by atoms with Gasteiger partial charge in [0.15, 0.2) is 0 Å². The van der Waals surface area contributed by atoms with Gasteiger partial charge in [-0.3, -0.25) is 9.69 Å². The van der Waals surface area contributed by atoms with Crippen LogP contribution in [0.15, 0.2) is 72.8 Å². The minimum atomic E-state index is -0.163. The van der Waals surface area contributed by atoms with Crippen molar-refractivity contribution in [2.75, 3.05) is 16.8 Å². The van der Waals surface area contributed by atoms with Crippen LogP contribution in [0.4, 0.5) is 11.4 Å². The van der Waals surface area contributed by atoms with E-state index in [0.717, 1.165) is 22.7 Å². The molecule has 3 aromatic carbocycles. The minimum absolute atomic E-state index is 0.00398. The van der Waals surface area contributed by atoms with Crippen LogP contribution in [0.3, 0.4) is 0 Å². The van der Waals surface area contributed by atoms with Gasteiger partial charge in [0.1, 0.15) is 17.9 Å². The summed E-state index contributed by atoms with van der Waals surface area (Å²) in [7, 11) is 0. The van der Waals surface area contributed by atoms with E-state index in [1.165, 1.54) is 5.56 Å². The van der Waals surface area contributed by atoms with Crippen LogP contribution in [-0.2, 0) is 0 Å². The summed E-state index contributed by atoms with van der Waals surface area (Å²) in [6.45, 7) is 2.75. The zero-order chi connectivity index (χ0) is 18.4. The maximum atomic E-state index is 13.6. The number of benzene rings is 3. The number of aryl methyl sites for hydroxylation is 1. The number of nitrogens with one attached hydrogen (secondary N) is 1. The molecule has 0 aromatic heterocycles. The van der Waals surface area contributed by atoms with Gasteiger partial charge in [0.2, 0.25) is 0 Å². The highest BCUT2D eigenvalue weighted by Crippen LogP contribution is 2.47. The molecule has 0 saturated heterocycles. The highest BCUT2D eigenvalue weighted by molar-refractivity contribution is 6.08. The maximum Gasteiger partial charge on any atom is 0.259 e. The number of nitrogens with zero attached hydrogens (tertiary/aromatic N) is 1. The Bertz CT molecular complexity index is 1020. The van der Waals surface area contributed by atoms with E-state index in [1.54, 1.807) is 0 Å². The summed E-state index contributed by atoms with van der Waals surface area (Å²) in [6, 6.07) is 23.3. The quantitative estimate of drug-likeness (QED) is 0.694. The minimum Gasteiger partial charge on any atom is -0.484 e. The topological polar surface area (TPSA) is 41.6 Å². The van der Waals surface area contributed by atoms with Crippen molar-refractivity contribution in [1.29, 1.82) is 0 Å². The lowest BCUT2D eigenvalue weighted by atomic mass is 9.89. The third-order valence-electron chi connectivity index (χ3n) is 5.38. The molecule has 0 fully saturated rings. The van der Waals surface area contributed by atoms with Crippen LogP contribution in [0.1, 0.15) is 27.5 Å². The Morgan fingerprint density at radius 1 is 1.00 bits per heavy atom. The molecule has 0 aliphatic carbocycles. The van der Waals surface area contributed by atoms with E-state index < -0.39 is 0 Å². The van der Waals surface area contributed by atoms with Crippen LogP contribution in [-0.4, -0.2) is 18.6 Å². The monoisotopic (exact) mass is 356 g/mol. The lowest BCUT2D eigenvalue weighted by molar-refractivity contribution is 0.0910. The summed E-state index contributed by atoms with van der Waals surface area (Å²) >= 11 is 0. The number of carbonyl (C=O) groups excluding carboxylic acids is 1. The van der Waals surface area contributed by atoms with Gasteiger partial charge < -0.3 is 10.1 Å². The summed E-state index contributed by atoms with van der Waals surface area (Å²) in [5.74, 6) is 0.747. The predicted molar refractivity (Wildman–Crippen MR) is 107 cm³/mol. The Morgan fingerprint density at radius 3 is 2.63 bits per heavy atom. The SMILES string of the molecule is Cc1cccc2c1NC[C@@H]1Oc3ccccc3N(C(=O)c3ccccc3)[C@H]21. The van der Waals surface area contributed by atoms with Gasteiger partial charge in [0.25, 0.3) is 5.91 Å². The van der Waals surface area contributed by atoms with E-state index in [9.17, 15) is 4.79 Å². The second-order valence-electron chi connectivity index (χ2n) is 7.03. The Labute approximate surface area is 158 Å². The molecule has 2 aliphatic rings. The second kappa shape index (κ2) is 6.16. The Hall–Kier alpha value is -3.27. The molecule has 0 unspecified atom stereocenters. The lowest BCUT2D eigenvalue weighted by Crippen LogP contribution is -2.51. The fourth-order valence-corrected chi connectivity index (χ4v) is 4.13. The molecule has 0 radical (unpaired) electrons. The van der Waals surface area contributed by atoms with Crippen LogP contribution in [0, 0.1) is 6.92 Å². The van der Waals surface area contributed by atoms with Gasteiger partial charge in [-0.2, -0.15) is 0 Å². The van der Waals surface area contributed by atoms with Gasteiger partial charge in [-0.25, -0.2) is 0 Å². The van der Waals surface area contributed by atoms with E-state index in [-0.39, 0.29) is 18.1 Å². The molecule has 4 nitrogen and oxygen atoms in total. The average molecular weight is 356 g/mol. The first-order valence-corrected chi connectivity index (χ1v) is 9.22. The highest BCUT2D eigenvalue weighted by Gasteiger charge is 2.43. The van der Waals surface area contributed by atoms with Gasteiger partial charge >= 0.3 is 0 Å². The normalized spacial score (nSPS) is 19.8. The van der Waals surface area contributed by atoms with Crippen molar-refractivity contribution in [2.24, 2.45) is 0 Å². The van der Waals surface area contributed by atoms with Crippen molar-refractivity contribution in [3.8, 4) is 5.75 Å². The molecule has 1 N–H and O–H groups in total. The van der Waals surface area contributed by atoms with Crippen molar-refractivity contribution in [3.05, 3.63) is 89.5 Å². The molecular formula is C23H20N2O2. The summed E-state index contributed by atoms with van der Waals surface area (Å²) in [6.07, 6.45) is -0.137. The zero-order valence-corrected chi connectivity index (χ0v) is 15.1. The van der Waals surface area contributed by atoms with Crippen molar-refractivity contribution in [2.45, 2.75) is 19.1 Å². The van der Waals surface area contributed by atoms with Gasteiger partial charge in [0, 0.05) is 16.8 Å². The van der Waals surface area contributed by atoms with E-state index in [4.69, 9.17) is 4.74 Å². The average Bonchev–Trinajstić information content (AvgIpc) is 2.72. The van der Waals surface area contributed by atoms with Gasteiger partial charge in [-0.1, -0.05) is 48.5 Å². The third-order valence-corrected chi connectivity index (χ3v) is 5.38. The van der Waals surface area contributed by atoms with E-state index in [0.29, 0.717) is 12.1 Å². The van der Waals surface area contributed by atoms with Crippen molar-refractivity contribution in [1.82, 2.24) is 0 Å². The van der Waals surface area contributed by atoms with Gasteiger partial charge in [-0.05, 0) is 36.8 Å². The number of anilines is 2. The number of hydrogen-bond acceptors (Lipinski definition) is 3.